The average Bonchev–Trinajstić information content (AvgIpc) is 2.85. The minimum absolute atomic E-state index is 0.0379. The van der Waals surface area contributed by atoms with Gasteiger partial charge < -0.3 is 14.2 Å². The zero-order chi connectivity index (χ0) is 26.8. The van der Waals surface area contributed by atoms with Crippen LogP contribution < -0.4 is 4.74 Å². The standard InChI is InChI=1S/C29H31FO6/c1-7-20(6)29(33)36-24-12-13-25(26(30)15-24)23-10-8-21(9-11-23)14-22(16-34-27(31)18(2)3)17-35-28(32)19(4)5/h8-13,15,22H,2,4,6-7,14,16-17H2,1,3,5H3. The number of carbonyl (C=O) groups is 3. The highest BCUT2D eigenvalue weighted by Crippen LogP contribution is 2.27. The molecule has 2 rings (SSSR count). The monoisotopic (exact) mass is 494 g/mol. The van der Waals surface area contributed by atoms with Crippen LogP contribution in [0.3, 0.4) is 0 Å². The number of rotatable bonds is 12. The van der Waals surface area contributed by atoms with Crippen molar-refractivity contribution in [3.63, 3.8) is 0 Å². The molecule has 2 aromatic rings. The molecule has 0 aromatic heterocycles. The number of halogens is 1. The zero-order valence-corrected chi connectivity index (χ0v) is 20.9. The summed E-state index contributed by atoms with van der Waals surface area (Å²) in [6.07, 6.45) is 0.894. The first-order valence-electron chi connectivity index (χ1n) is 11.5. The maximum Gasteiger partial charge on any atom is 0.338 e. The van der Waals surface area contributed by atoms with Crippen molar-refractivity contribution < 1.29 is 33.0 Å². The largest absolute Gasteiger partial charge is 0.462 e. The molecule has 0 aliphatic rings. The molecular weight excluding hydrogens is 463 g/mol. The van der Waals surface area contributed by atoms with Gasteiger partial charge in [0.25, 0.3) is 0 Å². The lowest BCUT2D eigenvalue weighted by Gasteiger charge is -2.18. The van der Waals surface area contributed by atoms with E-state index in [0.717, 1.165) is 11.6 Å². The summed E-state index contributed by atoms with van der Waals surface area (Å²) in [6.45, 7) is 15.7. The van der Waals surface area contributed by atoms with E-state index in [4.69, 9.17) is 14.2 Å². The van der Waals surface area contributed by atoms with Crippen LogP contribution in [-0.4, -0.2) is 31.1 Å². The summed E-state index contributed by atoms with van der Waals surface area (Å²) >= 11 is 0. The molecule has 0 atom stereocenters. The second-order valence-electron chi connectivity index (χ2n) is 8.51. The number of benzene rings is 2. The summed E-state index contributed by atoms with van der Waals surface area (Å²) in [4.78, 5) is 35.5. The Morgan fingerprint density at radius 1 is 0.861 bits per heavy atom. The van der Waals surface area contributed by atoms with Crippen LogP contribution in [0.25, 0.3) is 11.1 Å². The third-order valence-corrected chi connectivity index (χ3v) is 5.25. The highest BCUT2D eigenvalue weighted by atomic mass is 19.1. The fourth-order valence-corrected chi connectivity index (χ4v) is 3.07. The first-order chi connectivity index (χ1) is 17.0. The Hall–Kier alpha value is -4.00. The van der Waals surface area contributed by atoms with E-state index < -0.39 is 23.7 Å². The average molecular weight is 495 g/mol. The summed E-state index contributed by atoms with van der Waals surface area (Å²) in [5, 5.41) is 0. The number of hydrogen-bond donors (Lipinski definition) is 0. The Morgan fingerprint density at radius 2 is 1.42 bits per heavy atom. The molecule has 6 nitrogen and oxygen atoms in total. The van der Waals surface area contributed by atoms with Crippen molar-refractivity contribution in [2.45, 2.75) is 33.6 Å². The van der Waals surface area contributed by atoms with Crippen LogP contribution in [0, 0.1) is 11.7 Å². The molecule has 0 radical (unpaired) electrons. The summed E-state index contributed by atoms with van der Waals surface area (Å²) in [7, 11) is 0. The van der Waals surface area contributed by atoms with Gasteiger partial charge in [-0.3, -0.25) is 0 Å². The van der Waals surface area contributed by atoms with Gasteiger partial charge in [0, 0.05) is 34.3 Å². The molecule has 190 valence electrons. The highest BCUT2D eigenvalue weighted by Gasteiger charge is 2.17. The zero-order valence-electron chi connectivity index (χ0n) is 20.9. The second-order valence-corrected chi connectivity index (χ2v) is 8.51. The van der Waals surface area contributed by atoms with Gasteiger partial charge in [0.1, 0.15) is 11.6 Å². The predicted molar refractivity (Wildman–Crippen MR) is 136 cm³/mol. The van der Waals surface area contributed by atoms with E-state index in [1.54, 1.807) is 39.0 Å². The molecular formula is C29H31FO6. The number of hydrogen-bond acceptors (Lipinski definition) is 6. The number of esters is 3. The molecule has 0 amide bonds. The van der Waals surface area contributed by atoms with Gasteiger partial charge in [-0.05, 0) is 49.9 Å². The van der Waals surface area contributed by atoms with E-state index in [1.807, 2.05) is 12.1 Å². The Balaban J connectivity index is 2.12. The maximum absolute atomic E-state index is 14.7. The molecule has 0 fully saturated rings. The van der Waals surface area contributed by atoms with E-state index in [-0.39, 0.29) is 36.0 Å². The van der Waals surface area contributed by atoms with Crippen molar-refractivity contribution in [3.8, 4) is 16.9 Å². The van der Waals surface area contributed by atoms with Crippen LogP contribution in [0.15, 0.2) is 78.9 Å². The van der Waals surface area contributed by atoms with Crippen molar-refractivity contribution in [1.82, 2.24) is 0 Å². The first kappa shape index (κ1) is 28.2. The molecule has 7 heteroatoms. The molecule has 0 unspecified atom stereocenters. The minimum Gasteiger partial charge on any atom is -0.462 e. The second kappa shape index (κ2) is 13.2. The third kappa shape index (κ3) is 8.34. The van der Waals surface area contributed by atoms with Crippen molar-refractivity contribution in [1.29, 1.82) is 0 Å². The van der Waals surface area contributed by atoms with Crippen molar-refractivity contribution in [2.24, 2.45) is 5.92 Å². The number of ether oxygens (including phenoxy) is 3. The van der Waals surface area contributed by atoms with Crippen LogP contribution in [-0.2, 0) is 30.3 Å². The Kier molecular flexibility index (Phi) is 10.3. The normalized spacial score (nSPS) is 10.5. The Morgan fingerprint density at radius 3 is 1.89 bits per heavy atom. The molecule has 2 aromatic carbocycles. The van der Waals surface area contributed by atoms with Crippen LogP contribution in [0.2, 0.25) is 0 Å². The molecule has 0 aliphatic carbocycles. The first-order valence-corrected chi connectivity index (χ1v) is 11.5. The van der Waals surface area contributed by atoms with Crippen LogP contribution in [0.5, 0.6) is 5.75 Å². The highest BCUT2D eigenvalue weighted by molar-refractivity contribution is 5.89. The summed E-state index contributed by atoms with van der Waals surface area (Å²) in [5.41, 5.74) is 2.71. The van der Waals surface area contributed by atoms with E-state index in [0.29, 0.717) is 29.5 Å². The van der Waals surface area contributed by atoms with Crippen LogP contribution in [0.4, 0.5) is 4.39 Å². The van der Waals surface area contributed by atoms with Gasteiger partial charge in [0.2, 0.25) is 0 Å². The summed E-state index contributed by atoms with van der Waals surface area (Å²) < 4.78 is 30.4. The summed E-state index contributed by atoms with van der Waals surface area (Å²) in [5.74, 6) is -2.37. The lowest BCUT2D eigenvalue weighted by Crippen LogP contribution is -2.23. The van der Waals surface area contributed by atoms with Gasteiger partial charge in [-0.25, -0.2) is 18.8 Å². The van der Waals surface area contributed by atoms with Gasteiger partial charge in [0.15, 0.2) is 0 Å². The quantitative estimate of drug-likeness (QED) is 0.212. The van der Waals surface area contributed by atoms with Gasteiger partial charge in [-0.1, -0.05) is 50.9 Å². The number of carbonyl (C=O) groups excluding carboxylic acids is 3. The van der Waals surface area contributed by atoms with E-state index in [2.05, 4.69) is 19.7 Å². The minimum atomic E-state index is -0.591. The van der Waals surface area contributed by atoms with Gasteiger partial charge in [-0.2, -0.15) is 0 Å². The van der Waals surface area contributed by atoms with Crippen molar-refractivity contribution in [3.05, 3.63) is 90.3 Å². The van der Waals surface area contributed by atoms with Crippen molar-refractivity contribution >= 4 is 17.9 Å². The van der Waals surface area contributed by atoms with E-state index >= 15 is 0 Å². The van der Waals surface area contributed by atoms with Crippen LogP contribution >= 0.6 is 0 Å². The lowest BCUT2D eigenvalue weighted by molar-refractivity contribution is -0.144. The Bertz CT molecular complexity index is 1130. The molecule has 0 aliphatic heterocycles. The molecule has 0 spiro atoms. The molecule has 0 saturated heterocycles. The molecule has 0 N–H and O–H groups in total. The molecule has 0 saturated carbocycles. The van der Waals surface area contributed by atoms with Gasteiger partial charge in [-0.15, -0.1) is 0 Å². The molecule has 0 heterocycles. The van der Waals surface area contributed by atoms with Gasteiger partial charge in [0.05, 0.1) is 13.2 Å². The summed E-state index contributed by atoms with van der Waals surface area (Å²) in [6, 6.07) is 11.4. The smallest absolute Gasteiger partial charge is 0.338 e. The SMILES string of the molecule is C=C(C)C(=O)OCC(COC(=O)C(=C)C)Cc1ccc(-c2ccc(OC(=O)C(=C)CC)cc2F)cc1. The van der Waals surface area contributed by atoms with Gasteiger partial charge >= 0.3 is 17.9 Å². The molecule has 0 bridgehead atoms. The fraction of sp³-hybridized carbons (Fsp3) is 0.276. The van der Waals surface area contributed by atoms with E-state index in [1.165, 1.54) is 6.07 Å². The maximum atomic E-state index is 14.7. The molecule has 36 heavy (non-hydrogen) atoms. The van der Waals surface area contributed by atoms with Crippen LogP contribution in [0.1, 0.15) is 32.8 Å². The fourth-order valence-electron chi connectivity index (χ4n) is 3.07. The third-order valence-electron chi connectivity index (χ3n) is 5.25. The Labute approximate surface area is 211 Å². The lowest BCUT2D eigenvalue weighted by atomic mass is 9.97. The predicted octanol–water partition coefficient (Wildman–Crippen LogP) is 5.76. The topological polar surface area (TPSA) is 78.9 Å². The van der Waals surface area contributed by atoms with Crippen molar-refractivity contribution in [2.75, 3.05) is 13.2 Å². The van der Waals surface area contributed by atoms with E-state index in [9.17, 15) is 18.8 Å².